The van der Waals surface area contributed by atoms with E-state index in [0.717, 1.165) is 97.0 Å². The van der Waals surface area contributed by atoms with Crippen molar-refractivity contribution in [3.05, 3.63) is 168 Å². The van der Waals surface area contributed by atoms with Crippen LogP contribution >= 0.6 is 0 Å². The Morgan fingerprint density at radius 1 is 0.479 bits per heavy atom. The zero-order chi connectivity index (χ0) is 50.1. The molecule has 2 aliphatic rings. The number of hydrogen-bond donors (Lipinski definition) is 4. The van der Waals surface area contributed by atoms with Gasteiger partial charge in [-0.25, -0.2) is 37.5 Å². The highest BCUT2D eigenvalue weighted by Gasteiger charge is 2.30. The molecule has 21 heteroatoms. The number of aliphatic hydroxyl groups excluding tert-OH is 2. The molecule has 384 valence electrons. The van der Waals surface area contributed by atoms with Crippen molar-refractivity contribution in [3.63, 3.8) is 0 Å². The van der Waals surface area contributed by atoms with Gasteiger partial charge in [-0.3, -0.25) is 29.8 Å². The number of aromatic amines is 2. The van der Waals surface area contributed by atoms with E-state index >= 15 is 0 Å². The maximum Gasteiger partial charge on any atom is 0.160 e. The van der Waals surface area contributed by atoms with Crippen LogP contribution in [0.1, 0.15) is 34.3 Å². The molecule has 6 heterocycles. The van der Waals surface area contributed by atoms with Crippen LogP contribution in [0, 0.1) is 23.3 Å². The second kappa shape index (κ2) is 24.2. The summed E-state index contributed by atoms with van der Waals surface area (Å²) >= 11 is 0. The van der Waals surface area contributed by atoms with Gasteiger partial charge in [-0.05, 0) is 70.8 Å². The molecule has 0 aliphatic carbocycles. The average molecular weight is 1010 g/mol. The molecular formula is C52H60F4N14O3. The summed E-state index contributed by atoms with van der Waals surface area (Å²) in [4.78, 5) is 30.0. The van der Waals surface area contributed by atoms with Crippen LogP contribution in [0.2, 0.25) is 0 Å². The van der Waals surface area contributed by atoms with Gasteiger partial charge in [-0.2, -0.15) is 10.2 Å². The van der Waals surface area contributed by atoms with Crippen molar-refractivity contribution in [3.8, 4) is 0 Å². The van der Waals surface area contributed by atoms with Gasteiger partial charge in [0.05, 0.1) is 47.5 Å². The van der Waals surface area contributed by atoms with Gasteiger partial charge in [0.15, 0.2) is 11.3 Å². The van der Waals surface area contributed by atoms with Crippen LogP contribution in [0.4, 0.5) is 29.2 Å². The van der Waals surface area contributed by atoms with E-state index in [0.29, 0.717) is 37.5 Å². The molecule has 4 aromatic heterocycles. The fourth-order valence-corrected chi connectivity index (χ4v) is 9.85. The molecule has 10 rings (SSSR count). The van der Waals surface area contributed by atoms with Crippen LogP contribution in [-0.4, -0.2) is 180 Å². The highest BCUT2D eigenvalue weighted by Crippen LogP contribution is 2.32. The van der Waals surface area contributed by atoms with Crippen LogP contribution < -0.4 is 9.80 Å². The third-order valence-electron chi connectivity index (χ3n) is 13.4. The number of anilines is 2. The van der Waals surface area contributed by atoms with Crippen molar-refractivity contribution in [2.75, 3.05) is 102 Å². The number of rotatable bonds is 16. The molecular weight excluding hydrogens is 945 g/mol. The van der Waals surface area contributed by atoms with E-state index in [-0.39, 0.29) is 40.8 Å². The van der Waals surface area contributed by atoms with Gasteiger partial charge in [0.25, 0.3) is 0 Å². The van der Waals surface area contributed by atoms with Gasteiger partial charge in [0, 0.05) is 92.6 Å². The highest BCUT2D eigenvalue weighted by molar-refractivity contribution is 5.86. The van der Waals surface area contributed by atoms with E-state index in [1.807, 2.05) is 23.9 Å². The number of nitrogens with one attached hydrogen (secondary N) is 2. The number of aromatic nitrogens is 8. The van der Waals surface area contributed by atoms with Gasteiger partial charge in [-0.1, -0.05) is 48.5 Å². The molecule has 2 aliphatic heterocycles. The van der Waals surface area contributed by atoms with Gasteiger partial charge >= 0.3 is 0 Å². The maximum absolute atomic E-state index is 13.6. The third-order valence-corrected chi connectivity index (χ3v) is 13.4. The summed E-state index contributed by atoms with van der Waals surface area (Å²) in [5.41, 5.74) is 5.19. The molecule has 0 radical (unpaired) electrons. The second-order valence-electron chi connectivity index (χ2n) is 18.4. The summed E-state index contributed by atoms with van der Waals surface area (Å²) in [7, 11) is 3.79. The molecule has 17 nitrogen and oxygen atoms in total. The number of piperazine rings is 2. The van der Waals surface area contributed by atoms with E-state index in [1.54, 1.807) is 60.9 Å². The summed E-state index contributed by atoms with van der Waals surface area (Å²) in [6.07, 6.45) is 5.20. The summed E-state index contributed by atoms with van der Waals surface area (Å²) in [5, 5.41) is 37.0. The summed E-state index contributed by atoms with van der Waals surface area (Å²) < 4.78 is 54.3. The zero-order valence-corrected chi connectivity index (χ0v) is 40.6. The molecule has 2 saturated heterocycles. The largest absolute Gasteiger partial charge is 0.412 e. The lowest BCUT2D eigenvalue weighted by Gasteiger charge is -2.40. The number of aliphatic hydroxyl groups is 2. The van der Waals surface area contributed by atoms with E-state index in [4.69, 9.17) is 0 Å². The Kier molecular flexibility index (Phi) is 17.3. The van der Waals surface area contributed by atoms with Gasteiger partial charge in [-0.15, -0.1) is 0 Å². The van der Waals surface area contributed by atoms with Crippen molar-refractivity contribution >= 4 is 33.7 Å². The molecule has 0 saturated carbocycles. The number of fused-ring (bicyclic) bond motifs is 2. The third kappa shape index (κ3) is 13.0. The van der Waals surface area contributed by atoms with Gasteiger partial charge < -0.3 is 25.5 Å². The smallest absolute Gasteiger partial charge is 0.160 e. The Bertz CT molecular complexity index is 2660. The van der Waals surface area contributed by atoms with Crippen LogP contribution in [0.5, 0.6) is 0 Å². The lowest BCUT2D eigenvalue weighted by molar-refractivity contribution is 0.0652. The first kappa shape index (κ1) is 52.3. The number of β-amino-alcohol motifs (C(OH)–C–C–N with tert-alkyl or cyclic N) is 2. The minimum Gasteiger partial charge on any atom is -0.412 e. The summed E-state index contributed by atoms with van der Waals surface area (Å²) in [6.45, 7) is 8.10. The average Bonchev–Trinajstić information content (AvgIpc) is 4.08. The predicted octanol–water partition coefficient (Wildman–Crippen LogP) is 4.85. The Hall–Kier alpha value is -6.98. The number of likely N-dealkylation sites (N-methyl/N-ethyl adjacent to an activating group) is 2. The zero-order valence-electron chi connectivity index (χ0n) is 40.6. The van der Waals surface area contributed by atoms with Crippen molar-refractivity contribution in [1.29, 1.82) is 0 Å². The monoisotopic (exact) mass is 1000 g/mol. The molecule has 6 N–H and O–H groups in total. The van der Waals surface area contributed by atoms with Crippen molar-refractivity contribution in [2.45, 2.75) is 24.3 Å². The number of halogens is 4. The second-order valence-corrected chi connectivity index (χ2v) is 18.4. The Morgan fingerprint density at radius 3 is 1.08 bits per heavy atom. The van der Waals surface area contributed by atoms with Crippen LogP contribution in [0.15, 0.2) is 122 Å². The first-order valence-corrected chi connectivity index (χ1v) is 24.0. The quantitative estimate of drug-likeness (QED) is 0.0959. The predicted molar refractivity (Wildman–Crippen MR) is 271 cm³/mol. The minimum absolute atomic E-state index is 0. The van der Waals surface area contributed by atoms with Crippen LogP contribution in [0.25, 0.3) is 22.1 Å². The van der Waals surface area contributed by atoms with Gasteiger partial charge in [0.1, 0.15) is 47.6 Å². The Balaban J connectivity index is 0.000000192. The standard InChI is InChI=1S/2C26H29F2N7O.H2O/c2*1-33(26-23-14-31-32-25(23)29-17-30-26)15-22(36)16-34-10-12-35(13-11-34)24(18-2-6-20(27)7-3-18)19-4-8-21(28)9-5-19;/h2*2-9,14,17,22,24,36H,10-13,15-16H2,1H3,(H,29,30,31,32);1H2. The first-order valence-electron chi connectivity index (χ1n) is 24.0. The molecule has 73 heavy (non-hydrogen) atoms. The number of benzene rings is 4. The van der Waals surface area contributed by atoms with Crippen molar-refractivity contribution in [1.82, 2.24) is 59.9 Å². The SMILES string of the molecule is CN(CC(O)CN1CCN(C(c2ccc(F)cc2)c2ccc(F)cc2)CC1)c1ncnc2[nH]ncc12.CN(CC(O)CN1CCN(C(c2ccc(F)cc2)c2ccc(F)cc2)CC1)c1ncnc2[nH]ncc12.O. The van der Waals surface area contributed by atoms with Crippen molar-refractivity contribution < 1.29 is 33.3 Å². The van der Waals surface area contributed by atoms with E-state index in [1.165, 1.54) is 61.2 Å². The first-order chi connectivity index (χ1) is 34.9. The fourth-order valence-electron chi connectivity index (χ4n) is 9.85. The minimum atomic E-state index is -0.566. The lowest BCUT2D eigenvalue weighted by Crippen LogP contribution is -2.50. The molecule has 0 bridgehead atoms. The molecule has 0 spiro atoms. The van der Waals surface area contributed by atoms with Crippen LogP contribution in [0.3, 0.4) is 0 Å². The summed E-state index contributed by atoms with van der Waals surface area (Å²) in [5.74, 6) is 0.316. The number of nitrogens with zero attached hydrogens (tertiary/aromatic N) is 12. The van der Waals surface area contributed by atoms with E-state index in [9.17, 15) is 27.8 Å². The number of H-pyrrole nitrogens is 2. The van der Waals surface area contributed by atoms with Crippen LogP contribution in [-0.2, 0) is 0 Å². The normalized spacial score (nSPS) is 15.8. The molecule has 2 unspecified atom stereocenters. The lowest BCUT2D eigenvalue weighted by atomic mass is 9.96. The van der Waals surface area contributed by atoms with E-state index < -0.39 is 12.2 Å². The molecule has 8 aromatic rings. The van der Waals surface area contributed by atoms with Crippen molar-refractivity contribution in [2.24, 2.45) is 0 Å². The maximum atomic E-state index is 13.6. The van der Waals surface area contributed by atoms with Gasteiger partial charge in [0.2, 0.25) is 0 Å². The van der Waals surface area contributed by atoms with E-state index in [2.05, 4.69) is 59.9 Å². The Morgan fingerprint density at radius 2 is 0.781 bits per heavy atom. The molecule has 2 atom stereocenters. The Labute approximate surface area is 420 Å². The molecule has 2 fully saturated rings. The highest BCUT2D eigenvalue weighted by atomic mass is 19.1. The molecule has 4 aromatic carbocycles. The molecule has 0 amide bonds. The summed E-state index contributed by atoms with van der Waals surface area (Å²) in [6, 6.07) is 25.8. The topological polar surface area (TPSA) is 200 Å². The number of hydrogen-bond acceptors (Lipinski definition) is 14. The fraction of sp³-hybridized carbons (Fsp3) is 0.346.